The summed E-state index contributed by atoms with van der Waals surface area (Å²) in [5.41, 5.74) is 8.01. The van der Waals surface area contributed by atoms with Gasteiger partial charge in [0.25, 0.3) is 11.9 Å². The van der Waals surface area contributed by atoms with E-state index in [1.165, 1.54) is 0 Å². The number of nitrogens with zero attached hydrogens (tertiary/aromatic N) is 4. The zero-order valence-corrected chi connectivity index (χ0v) is 16.3. The third kappa shape index (κ3) is 5.27. The quantitative estimate of drug-likeness (QED) is 0.793. The lowest BCUT2D eigenvalue weighted by Crippen LogP contribution is -2.48. The van der Waals surface area contributed by atoms with Crippen molar-refractivity contribution in [2.75, 3.05) is 44.7 Å². The van der Waals surface area contributed by atoms with E-state index < -0.39 is 12.1 Å². The molecule has 27 heavy (non-hydrogen) atoms. The van der Waals surface area contributed by atoms with Gasteiger partial charge in [-0.3, -0.25) is 9.59 Å². The highest BCUT2D eigenvalue weighted by Gasteiger charge is 2.31. The molecule has 1 amide bonds. The van der Waals surface area contributed by atoms with E-state index in [-0.39, 0.29) is 5.91 Å². The van der Waals surface area contributed by atoms with Gasteiger partial charge >= 0.3 is 0 Å². The molecule has 0 aliphatic carbocycles. The molecule has 0 spiro atoms. The second-order valence-corrected chi connectivity index (χ2v) is 6.71. The number of likely N-dealkylation sites (N-methyl/N-ethyl adjacent to an activating group) is 1. The van der Waals surface area contributed by atoms with Crippen LogP contribution < -0.4 is 10.6 Å². The Labute approximate surface area is 160 Å². The van der Waals surface area contributed by atoms with Crippen LogP contribution in [0.25, 0.3) is 0 Å². The number of benzene rings is 1. The van der Waals surface area contributed by atoms with Crippen LogP contribution in [0.4, 0.5) is 5.69 Å². The van der Waals surface area contributed by atoms with Gasteiger partial charge in [0.15, 0.2) is 6.17 Å². The van der Waals surface area contributed by atoms with Crippen LogP contribution in [0.15, 0.2) is 29.3 Å². The van der Waals surface area contributed by atoms with Crippen molar-refractivity contribution >= 4 is 23.4 Å². The van der Waals surface area contributed by atoms with Gasteiger partial charge in [-0.1, -0.05) is 19.1 Å². The summed E-state index contributed by atoms with van der Waals surface area (Å²) < 4.78 is 0. The number of benzodiazepines with no additional fused rings is 1. The van der Waals surface area contributed by atoms with Gasteiger partial charge in [-0.15, -0.1) is 0 Å². The molecule has 2 aliphatic heterocycles. The molecular weight excluding hydrogens is 346 g/mol. The summed E-state index contributed by atoms with van der Waals surface area (Å²) in [6.07, 6.45) is 0.0556. The monoisotopic (exact) mass is 375 g/mol. The average molecular weight is 375 g/mol. The summed E-state index contributed by atoms with van der Waals surface area (Å²) in [5, 5.41) is 7.42. The Morgan fingerprint density at radius 3 is 2.44 bits per heavy atom. The number of aliphatic carboxylic acids is 1. The normalized spacial score (nSPS) is 20.2. The molecule has 1 fully saturated rings. The number of nitrogens with two attached hydrogens (primary N) is 1. The average Bonchev–Trinajstić information content (AvgIpc) is 2.73. The first kappa shape index (κ1) is 20.9. The molecule has 2 heterocycles. The number of fused-ring (bicyclic) bond motifs is 1. The predicted molar refractivity (Wildman–Crippen MR) is 106 cm³/mol. The zero-order chi connectivity index (χ0) is 20.0. The molecule has 1 unspecified atom stereocenters. The first-order chi connectivity index (χ1) is 12.8. The van der Waals surface area contributed by atoms with Gasteiger partial charge in [-0.2, -0.15) is 0 Å². The number of aliphatic imine (C=N–C) groups is 1. The summed E-state index contributed by atoms with van der Waals surface area (Å²) in [4.78, 5) is 32.6. The molecule has 148 valence electrons. The van der Waals surface area contributed by atoms with Crippen molar-refractivity contribution in [2.45, 2.75) is 26.4 Å². The smallest absolute Gasteiger partial charge is 0.300 e. The molecule has 0 radical (unpaired) electrons. The number of piperazine rings is 1. The molecular formula is C19H29N5O3. The van der Waals surface area contributed by atoms with Crippen LogP contribution in [0, 0.1) is 0 Å². The number of carboxylic acid groups (broad SMARTS) is 1. The summed E-state index contributed by atoms with van der Waals surface area (Å²) in [6.45, 7) is 7.59. The van der Waals surface area contributed by atoms with Crippen LogP contribution in [0.5, 0.6) is 0 Å². The molecule has 1 saturated heterocycles. The number of rotatable bonds is 2. The molecule has 0 aromatic heterocycles. The van der Waals surface area contributed by atoms with Gasteiger partial charge in [0.1, 0.15) is 5.84 Å². The molecule has 0 bridgehead atoms. The highest BCUT2D eigenvalue weighted by atomic mass is 16.4. The second kappa shape index (κ2) is 9.48. The van der Waals surface area contributed by atoms with E-state index in [2.05, 4.69) is 28.8 Å². The molecule has 8 heteroatoms. The number of amidine groups is 1. The van der Waals surface area contributed by atoms with E-state index in [4.69, 9.17) is 15.6 Å². The van der Waals surface area contributed by atoms with E-state index in [1.807, 2.05) is 24.3 Å². The van der Waals surface area contributed by atoms with Crippen molar-refractivity contribution in [3.63, 3.8) is 0 Å². The maximum Gasteiger partial charge on any atom is 0.300 e. The molecule has 3 rings (SSSR count). The topological polar surface area (TPSA) is 102 Å². The van der Waals surface area contributed by atoms with E-state index in [1.54, 1.807) is 4.90 Å². The molecule has 8 nitrogen and oxygen atoms in total. The van der Waals surface area contributed by atoms with Crippen LogP contribution in [0.1, 0.15) is 25.8 Å². The Kier molecular flexibility index (Phi) is 7.32. The Hall–Kier alpha value is -2.45. The minimum absolute atomic E-state index is 0.122. The third-order valence-corrected chi connectivity index (χ3v) is 4.47. The fraction of sp³-hybridized carbons (Fsp3) is 0.526. The van der Waals surface area contributed by atoms with Crippen molar-refractivity contribution in [1.82, 2.24) is 9.80 Å². The number of amides is 1. The fourth-order valence-electron chi connectivity index (χ4n) is 3.16. The lowest BCUT2D eigenvalue weighted by atomic mass is 10.1. The predicted octanol–water partition coefficient (Wildman–Crippen LogP) is 0.813. The van der Waals surface area contributed by atoms with Crippen molar-refractivity contribution < 1.29 is 14.7 Å². The number of hydrogen-bond acceptors (Lipinski definition) is 6. The minimum Gasteiger partial charge on any atom is -0.481 e. The summed E-state index contributed by atoms with van der Waals surface area (Å²) in [7, 11) is 2.12. The van der Waals surface area contributed by atoms with Gasteiger partial charge in [-0.25, -0.2) is 4.99 Å². The fourth-order valence-corrected chi connectivity index (χ4v) is 3.16. The molecule has 1 atom stereocenters. The number of hydrogen-bond donors (Lipinski definition) is 2. The maximum absolute atomic E-state index is 12.6. The Morgan fingerprint density at radius 2 is 1.85 bits per heavy atom. The first-order valence-electron chi connectivity index (χ1n) is 9.22. The number of carbonyl (C=O) groups excluding carboxylic acids is 1. The van der Waals surface area contributed by atoms with Crippen LogP contribution in [-0.2, 0) is 9.59 Å². The Bertz CT molecular complexity index is 694. The molecule has 3 N–H and O–H groups in total. The largest absolute Gasteiger partial charge is 0.481 e. The van der Waals surface area contributed by atoms with Crippen LogP contribution >= 0.6 is 0 Å². The first-order valence-corrected chi connectivity index (χ1v) is 9.22. The number of carbonyl (C=O) groups is 2. The third-order valence-electron chi connectivity index (χ3n) is 4.47. The van der Waals surface area contributed by atoms with Gasteiger partial charge < -0.3 is 25.5 Å². The Morgan fingerprint density at radius 1 is 1.26 bits per heavy atom. The van der Waals surface area contributed by atoms with E-state index in [9.17, 15) is 4.79 Å². The second-order valence-electron chi connectivity index (χ2n) is 6.71. The molecule has 1 aromatic rings. The minimum atomic E-state index is -0.833. The summed E-state index contributed by atoms with van der Waals surface area (Å²) in [5.74, 6) is -0.100. The van der Waals surface area contributed by atoms with Crippen molar-refractivity contribution in [3.8, 4) is 0 Å². The molecule has 0 saturated carbocycles. The van der Waals surface area contributed by atoms with Gasteiger partial charge in [-0.05, 0) is 25.6 Å². The van der Waals surface area contributed by atoms with Crippen molar-refractivity contribution in [1.29, 1.82) is 0 Å². The summed E-state index contributed by atoms with van der Waals surface area (Å²) >= 11 is 0. The summed E-state index contributed by atoms with van der Waals surface area (Å²) in [6, 6.07) is 8.00. The standard InChI is InChI=1S/C17H25N5O.C2H4O2/c1-3-8-22-14-7-5-4-6-13(14)16(19-15(18)17(22)23)21-11-9-20(2)10-12-21;1-2(3)4/h4-7,15H,3,8-12,18H2,1-2H3;1H3,(H,3,4). The van der Waals surface area contributed by atoms with Gasteiger partial charge in [0, 0.05) is 45.2 Å². The van der Waals surface area contributed by atoms with Gasteiger partial charge in [0.05, 0.1) is 5.69 Å². The highest BCUT2D eigenvalue weighted by molar-refractivity contribution is 6.11. The van der Waals surface area contributed by atoms with Crippen LogP contribution in [-0.4, -0.2) is 78.6 Å². The van der Waals surface area contributed by atoms with Crippen LogP contribution in [0.2, 0.25) is 0 Å². The molecule has 2 aliphatic rings. The lowest BCUT2D eigenvalue weighted by Gasteiger charge is -2.35. The number of anilines is 1. The van der Waals surface area contributed by atoms with Crippen molar-refractivity contribution in [3.05, 3.63) is 29.8 Å². The maximum atomic E-state index is 12.6. The SMILES string of the molecule is CC(=O)O.CCCN1C(=O)C(N)N=C(N2CCN(C)CC2)c2ccccc21. The van der Waals surface area contributed by atoms with Gasteiger partial charge in [0.2, 0.25) is 0 Å². The highest BCUT2D eigenvalue weighted by Crippen LogP contribution is 2.27. The Balaban J connectivity index is 0.000000596. The number of carboxylic acids is 1. The van der Waals surface area contributed by atoms with Crippen LogP contribution in [0.3, 0.4) is 0 Å². The number of para-hydroxylation sites is 1. The zero-order valence-electron chi connectivity index (χ0n) is 16.3. The van der Waals surface area contributed by atoms with E-state index in [0.29, 0.717) is 6.54 Å². The molecule has 1 aromatic carbocycles. The van der Waals surface area contributed by atoms with E-state index in [0.717, 1.165) is 56.6 Å². The van der Waals surface area contributed by atoms with Crippen molar-refractivity contribution in [2.24, 2.45) is 10.7 Å². The lowest BCUT2D eigenvalue weighted by molar-refractivity contribution is -0.134. The van der Waals surface area contributed by atoms with E-state index >= 15 is 0 Å².